The van der Waals surface area contributed by atoms with Crippen molar-refractivity contribution in [1.82, 2.24) is 0 Å². The third kappa shape index (κ3) is 2.25. The largest absolute Gasteiger partial charge is 0.327 e. The SMILES string of the molecule is Cc1c(Cl)cccc1NC(=O)C1(C)CCCC1N. The molecule has 18 heavy (non-hydrogen) atoms. The molecule has 0 spiro atoms. The predicted octanol–water partition coefficient (Wildman–Crippen LogP) is 3.10. The van der Waals surface area contributed by atoms with E-state index < -0.39 is 5.41 Å². The van der Waals surface area contributed by atoms with E-state index in [2.05, 4.69) is 5.32 Å². The molecule has 4 heteroatoms. The second-order valence-electron chi connectivity index (χ2n) is 5.28. The number of nitrogens with one attached hydrogen (secondary N) is 1. The summed E-state index contributed by atoms with van der Waals surface area (Å²) in [5, 5.41) is 3.62. The molecule has 1 aliphatic rings. The summed E-state index contributed by atoms with van der Waals surface area (Å²) < 4.78 is 0. The first-order valence-corrected chi connectivity index (χ1v) is 6.65. The van der Waals surface area contributed by atoms with Crippen LogP contribution in [0.3, 0.4) is 0 Å². The number of hydrogen-bond acceptors (Lipinski definition) is 2. The highest BCUT2D eigenvalue weighted by Gasteiger charge is 2.43. The van der Waals surface area contributed by atoms with Crippen molar-refractivity contribution in [3.05, 3.63) is 28.8 Å². The van der Waals surface area contributed by atoms with Crippen LogP contribution in [0.5, 0.6) is 0 Å². The Morgan fingerprint density at radius 3 is 2.89 bits per heavy atom. The van der Waals surface area contributed by atoms with E-state index in [-0.39, 0.29) is 11.9 Å². The number of amides is 1. The van der Waals surface area contributed by atoms with Crippen LogP contribution in [-0.4, -0.2) is 11.9 Å². The summed E-state index contributed by atoms with van der Waals surface area (Å²) in [6.45, 7) is 3.84. The molecule has 98 valence electrons. The fourth-order valence-electron chi connectivity index (χ4n) is 2.48. The molecule has 0 heterocycles. The van der Waals surface area contributed by atoms with Crippen LogP contribution in [0.15, 0.2) is 18.2 Å². The topological polar surface area (TPSA) is 55.1 Å². The summed E-state index contributed by atoms with van der Waals surface area (Å²) in [6.07, 6.45) is 2.78. The maximum Gasteiger partial charge on any atom is 0.231 e. The Hall–Kier alpha value is -1.06. The molecule has 3 nitrogen and oxygen atoms in total. The minimum absolute atomic E-state index is 0.00198. The number of hydrogen-bond donors (Lipinski definition) is 2. The normalized spacial score (nSPS) is 27.2. The molecule has 0 aliphatic heterocycles. The summed E-state index contributed by atoms with van der Waals surface area (Å²) in [4.78, 5) is 12.4. The van der Waals surface area contributed by atoms with Crippen LogP contribution in [0.2, 0.25) is 5.02 Å². The molecule has 0 bridgehead atoms. The first kappa shape index (κ1) is 13.4. The third-order valence-electron chi connectivity index (χ3n) is 4.06. The smallest absolute Gasteiger partial charge is 0.231 e. The predicted molar refractivity (Wildman–Crippen MR) is 74.8 cm³/mol. The van der Waals surface area contributed by atoms with E-state index >= 15 is 0 Å². The number of halogens is 1. The minimum Gasteiger partial charge on any atom is -0.327 e. The van der Waals surface area contributed by atoms with Crippen LogP contribution >= 0.6 is 11.6 Å². The van der Waals surface area contributed by atoms with Gasteiger partial charge in [0.2, 0.25) is 5.91 Å². The zero-order valence-electron chi connectivity index (χ0n) is 10.8. The van der Waals surface area contributed by atoms with Crippen molar-refractivity contribution in [3.8, 4) is 0 Å². The number of nitrogens with two attached hydrogens (primary N) is 1. The third-order valence-corrected chi connectivity index (χ3v) is 4.47. The molecule has 2 atom stereocenters. The van der Waals surface area contributed by atoms with Crippen molar-refractivity contribution < 1.29 is 4.79 Å². The number of benzene rings is 1. The molecule has 0 radical (unpaired) electrons. The fraction of sp³-hybridized carbons (Fsp3) is 0.500. The number of anilines is 1. The highest BCUT2D eigenvalue weighted by molar-refractivity contribution is 6.31. The van der Waals surface area contributed by atoms with Gasteiger partial charge in [-0.05, 0) is 44.4 Å². The quantitative estimate of drug-likeness (QED) is 0.864. The Morgan fingerprint density at radius 2 is 2.28 bits per heavy atom. The van der Waals surface area contributed by atoms with Gasteiger partial charge in [0, 0.05) is 16.8 Å². The van der Waals surface area contributed by atoms with Crippen LogP contribution in [0.1, 0.15) is 31.7 Å². The van der Waals surface area contributed by atoms with E-state index in [1.807, 2.05) is 32.0 Å². The highest BCUT2D eigenvalue weighted by atomic mass is 35.5. The lowest BCUT2D eigenvalue weighted by Crippen LogP contribution is -2.44. The molecule has 0 saturated heterocycles. The number of rotatable bonds is 2. The molecule has 3 N–H and O–H groups in total. The maximum absolute atomic E-state index is 12.4. The van der Waals surface area contributed by atoms with Gasteiger partial charge in [0.15, 0.2) is 0 Å². The van der Waals surface area contributed by atoms with Crippen LogP contribution in [0.4, 0.5) is 5.69 Å². The van der Waals surface area contributed by atoms with E-state index in [9.17, 15) is 4.79 Å². The second kappa shape index (κ2) is 4.90. The van der Waals surface area contributed by atoms with E-state index in [1.54, 1.807) is 0 Å². The molecular weight excluding hydrogens is 248 g/mol. The van der Waals surface area contributed by atoms with Gasteiger partial charge in [0.1, 0.15) is 0 Å². The van der Waals surface area contributed by atoms with Gasteiger partial charge in [-0.1, -0.05) is 24.1 Å². The van der Waals surface area contributed by atoms with Crippen molar-refractivity contribution in [2.75, 3.05) is 5.32 Å². The summed E-state index contributed by atoms with van der Waals surface area (Å²) in [7, 11) is 0. The van der Waals surface area contributed by atoms with E-state index in [0.717, 1.165) is 30.5 Å². The minimum atomic E-state index is -0.464. The van der Waals surface area contributed by atoms with E-state index in [0.29, 0.717) is 5.02 Å². The molecular formula is C14H19ClN2O. The zero-order chi connectivity index (χ0) is 13.3. The van der Waals surface area contributed by atoms with Gasteiger partial charge < -0.3 is 11.1 Å². The molecule has 1 aromatic carbocycles. The average molecular weight is 267 g/mol. The Balaban J connectivity index is 2.19. The Morgan fingerprint density at radius 1 is 1.56 bits per heavy atom. The molecule has 1 aliphatic carbocycles. The number of carbonyl (C=O) groups is 1. The highest BCUT2D eigenvalue weighted by Crippen LogP contribution is 2.38. The lowest BCUT2D eigenvalue weighted by atomic mass is 9.84. The van der Waals surface area contributed by atoms with Crippen LogP contribution in [0.25, 0.3) is 0 Å². The van der Waals surface area contributed by atoms with Crippen LogP contribution < -0.4 is 11.1 Å². The average Bonchev–Trinajstić information content (AvgIpc) is 2.67. The maximum atomic E-state index is 12.4. The molecule has 1 fully saturated rings. The zero-order valence-corrected chi connectivity index (χ0v) is 11.6. The fourth-order valence-corrected chi connectivity index (χ4v) is 2.66. The van der Waals surface area contributed by atoms with Crippen molar-refractivity contribution in [3.63, 3.8) is 0 Å². The van der Waals surface area contributed by atoms with Gasteiger partial charge in [-0.15, -0.1) is 0 Å². The van der Waals surface area contributed by atoms with Gasteiger partial charge in [0.25, 0.3) is 0 Å². The summed E-state index contributed by atoms with van der Waals surface area (Å²) >= 11 is 6.04. The van der Waals surface area contributed by atoms with Gasteiger partial charge in [-0.2, -0.15) is 0 Å². The van der Waals surface area contributed by atoms with E-state index in [4.69, 9.17) is 17.3 Å². The van der Waals surface area contributed by atoms with Crippen molar-refractivity contribution in [2.45, 2.75) is 39.2 Å². The lowest BCUT2D eigenvalue weighted by molar-refractivity contribution is -0.125. The lowest BCUT2D eigenvalue weighted by Gasteiger charge is -2.28. The molecule has 1 amide bonds. The summed E-state index contributed by atoms with van der Waals surface area (Å²) in [6, 6.07) is 5.46. The Bertz CT molecular complexity index is 475. The van der Waals surface area contributed by atoms with Gasteiger partial charge >= 0.3 is 0 Å². The van der Waals surface area contributed by atoms with Crippen LogP contribution in [-0.2, 0) is 4.79 Å². The second-order valence-corrected chi connectivity index (χ2v) is 5.69. The first-order chi connectivity index (χ1) is 8.45. The molecule has 2 unspecified atom stereocenters. The van der Waals surface area contributed by atoms with Crippen molar-refractivity contribution in [1.29, 1.82) is 0 Å². The van der Waals surface area contributed by atoms with Gasteiger partial charge in [-0.25, -0.2) is 0 Å². The van der Waals surface area contributed by atoms with Gasteiger partial charge in [-0.3, -0.25) is 4.79 Å². The molecule has 0 aromatic heterocycles. The Kier molecular flexibility index (Phi) is 3.64. The summed E-state index contributed by atoms with van der Waals surface area (Å²) in [5.74, 6) is -0.00198. The molecule has 2 rings (SSSR count). The molecule has 1 saturated carbocycles. The standard InChI is InChI=1S/C14H19ClN2O/c1-9-10(15)5-3-6-11(9)17-13(18)14(2)8-4-7-12(14)16/h3,5-6,12H,4,7-8,16H2,1-2H3,(H,17,18). The van der Waals surface area contributed by atoms with E-state index in [1.165, 1.54) is 0 Å². The monoisotopic (exact) mass is 266 g/mol. The van der Waals surface area contributed by atoms with Crippen molar-refractivity contribution >= 4 is 23.2 Å². The summed E-state index contributed by atoms with van der Waals surface area (Å²) in [5.41, 5.74) is 7.25. The van der Waals surface area contributed by atoms with Crippen molar-refractivity contribution in [2.24, 2.45) is 11.1 Å². The van der Waals surface area contributed by atoms with Gasteiger partial charge in [0.05, 0.1) is 5.41 Å². The molecule has 1 aromatic rings. The van der Waals surface area contributed by atoms with Crippen LogP contribution in [0, 0.1) is 12.3 Å². The first-order valence-electron chi connectivity index (χ1n) is 6.27. The Labute approximate surface area is 113 Å². The number of carbonyl (C=O) groups excluding carboxylic acids is 1.